The molecule has 2 rings (SSSR count). The first-order valence-electron chi connectivity index (χ1n) is 7.97. The molecule has 1 atom stereocenters. The summed E-state index contributed by atoms with van der Waals surface area (Å²) in [6.07, 6.45) is 8.35. The molecule has 1 saturated carbocycles. The summed E-state index contributed by atoms with van der Waals surface area (Å²) in [7, 11) is 0. The lowest BCUT2D eigenvalue weighted by molar-refractivity contribution is 0.0756. The van der Waals surface area contributed by atoms with E-state index in [1.807, 2.05) is 0 Å². The van der Waals surface area contributed by atoms with Crippen molar-refractivity contribution >= 4 is 0 Å². The van der Waals surface area contributed by atoms with Gasteiger partial charge >= 0.3 is 0 Å². The Labute approximate surface area is 114 Å². The van der Waals surface area contributed by atoms with Gasteiger partial charge in [-0.05, 0) is 64.3 Å². The van der Waals surface area contributed by atoms with Crippen molar-refractivity contribution in [3.63, 3.8) is 0 Å². The maximum absolute atomic E-state index is 3.66. The molecule has 2 heteroatoms. The van der Waals surface area contributed by atoms with Crippen molar-refractivity contribution in [1.29, 1.82) is 0 Å². The lowest BCUT2D eigenvalue weighted by Gasteiger charge is -2.43. The van der Waals surface area contributed by atoms with E-state index in [4.69, 9.17) is 0 Å². The van der Waals surface area contributed by atoms with Crippen LogP contribution in [0.2, 0.25) is 0 Å². The van der Waals surface area contributed by atoms with Gasteiger partial charge in [0, 0.05) is 24.7 Å². The molecule has 0 radical (unpaired) electrons. The van der Waals surface area contributed by atoms with Crippen LogP contribution in [0.3, 0.4) is 0 Å². The fourth-order valence-corrected chi connectivity index (χ4v) is 3.66. The Bertz CT molecular complexity index is 244. The summed E-state index contributed by atoms with van der Waals surface area (Å²) in [5.41, 5.74) is 0.588. The summed E-state index contributed by atoms with van der Waals surface area (Å²) in [6.45, 7) is 12.1. The molecule has 2 fully saturated rings. The van der Waals surface area contributed by atoms with Gasteiger partial charge < -0.3 is 5.32 Å². The van der Waals surface area contributed by atoms with Gasteiger partial charge in [0.05, 0.1) is 0 Å². The summed E-state index contributed by atoms with van der Waals surface area (Å²) in [4.78, 5) is 2.78. The Balaban J connectivity index is 1.89. The normalized spacial score (nSPS) is 29.3. The van der Waals surface area contributed by atoms with E-state index in [0.717, 1.165) is 12.1 Å². The van der Waals surface area contributed by atoms with E-state index in [-0.39, 0.29) is 0 Å². The van der Waals surface area contributed by atoms with Gasteiger partial charge in [-0.15, -0.1) is 0 Å². The Morgan fingerprint density at radius 3 is 2.33 bits per heavy atom. The summed E-state index contributed by atoms with van der Waals surface area (Å²) >= 11 is 0. The highest BCUT2D eigenvalue weighted by atomic mass is 15.2. The smallest absolute Gasteiger partial charge is 0.0195 e. The standard InChI is InChI=1S/C16H32N2/c1-13(2)18(12-14-6-5-11-17-14)15-7-9-16(3,4)10-8-15/h13-15,17H,5-12H2,1-4H3. The van der Waals surface area contributed by atoms with Gasteiger partial charge in [0.25, 0.3) is 0 Å². The van der Waals surface area contributed by atoms with Crippen LogP contribution in [0.15, 0.2) is 0 Å². The van der Waals surface area contributed by atoms with Crippen LogP contribution >= 0.6 is 0 Å². The molecule has 0 aromatic carbocycles. The molecule has 18 heavy (non-hydrogen) atoms. The van der Waals surface area contributed by atoms with Gasteiger partial charge in [-0.3, -0.25) is 4.90 Å². The number of nitrogens with zero attached hydrogens (tertiary/aromatic N) is 1. The Morgan fingerprint density at radius 1 is 1.17 bits per heavy atom. The molecule has 1 saturated heterocycles. The van der Waals surface area contributed by atoms with Crippen LogP contribution in [0, 0.1) is 5.41 Å². The van der Waals surface area contributed by atoms with Crippen LogP contribution in [0.25, 0.3) is 0 Å². The molecule has 1 aliphatic carbocycles. The molecule has 0 aromatic rings. The second-order valence-corrected chi connectivity index (χ2v) is 7.48. The molecular weight excluding hydrogens is 220 g/mol. The minimum Gasteiger partial charge on any atom is -0.313 e. The molecule has 1 aliphatic heterocycles. The SMILES string of the molecule is CC(C)N(CC1CCCN1)C1CCC(C)(C)CC1. The van der Waals surface area contributed by atoms with Crippen molar-refractivity contribution in [2.24, 2.45) is 5.41 Å². The highest BCUT2D eigenvalue weighted by Gasteiger charge is 2.32. The van der Waals surface area contributed by atoms with Crippen LogP contribution in [0.5, 0.6) is 0 Å². The Morgan fingerprint density at radius 2 is 1.83 bits per heavy atom. The number of hydrogen-bond donors (Lipinski definition) is 1. The predicted molar refractivity (Wildman–Crippen MR) is 78.9 cm³/mol. The summed E-state index contributed by atoms with van der Waals surface area (Å²) in [5, 5.41) is 3.66. The molecule has 106 valence electrons. The van der Waals surface area contributed by atoms with E-state index in [1.54, 1.807) is 0 Å². The van der Waals surface area contributed by atoms with Crippen molar-refractivity contribution in [2.75, 3.05) is 13.1 Å². The van der Waals surface area contributed by atoms with Gasteiger partial charge in [0.15, 0.2) is 0 Å². The third-order valence-electron chi connectivity index (χ3n) is 5.03. The molecule has 2 nitrogen and oxygen atoms in total. The molecule has 0 aromatic heterocycles. The van der Waals surface area contributed by atoms with Gasteiger partial charge in [-0.25, -0.2) is 0 Å². The van der Waals surface area contributed by atoms with Crippen LogP contribution in [-0.4, -0.2) is 36.1 Å². The summed E-state index contributed by atoms with van der Waals surface area (Å²) in [6, 6.07) is 2.28. The van der Waals surface area contributed by atoms with Crippen LogP contribution in [0.4, 0.5) is 0 Å². The first kappa shape index (κ1) is 14.3. The van der Waals surface area contributed by atoms with E-state index in [1.165, 1.54) is 51.6 Å². The Hall–Kier alpha value is -0.0800. The van der Waals surface area contributed by atoms with Gasteiger partial charge in [0.2, 0.25) is 0 Å². The molecule has 0 bridgehead atoms. The van der Waals surface area contributed by atoms with Crippen LogP contribution in [-0.2, 0) is 0 Å². The van der Waals surface area contributed by atoms with E-state index in [9.17, 15) is 0 Å². The van der Waals surface area contributed by atoms with Crippen molar-refractivity contribution < 1.29 is 0 Å². The van der Waals surface area contributed by atoms with E-state index in [0.29, 0.717) is 11.5 Å². The maximum Gasteiger partial charge on any atom is 0.0195 e. The van der Waals surface area contributed by atoms with Crippen molar-refractivity contribution in [2.45, 2.75) is 84.3 Å². The Kier molecular flexibility index (Phi) is 4.71. The van der Waals surface area contributed by atoms with Gasteiger partial charge in [-0.2, -0.15) is 0 Å². The molecule has 0 amide bonds. The zero-order chi connectivity index (χ0) is 13.2. The van der Waals surface area contributed by atoms with E-state index < -0.39 is 0 Å². The van der Waals surface area contributed by atoms with Gasteiger partial charge in [0.1, 0.15) is 0 Å². The zero-order valence-electron chi connectivity index (χ0n) is 12.8. The molecular formula is C16H32N2. The molecule has 0 spiro atoms. The zero-order valence-corrected chi connectivity index (χ0v) is 12.8. The fraction of sp³-hybridized carbons (Fsp3) is 1.00. The number of hydrogen-bond acceptors (Lipinski definition) is 2. The first-order chi connectivity index (χ1) is 8.48. The second kappa shape index (κ2) is 5.92. The molecule has 1 heterocycles. The largest absolute Gasteiger partial charge is 0.313 e. The topological polar surface area (TPSA) is 15.3 Å². The summed E-state index contributed by atoms with van der Waals surface area (Å²) < 4.78 is 0. The monoisotopic (exact) mass is 252 g/mol. The first-order valence-corrected chi connectivity index (χ1v) is 7.97. The van der Waals surface area contributed by atoms with Crippen LogP contribution < -0.4 is 5.32 Å². The van der Waals surface area contributed by atoms with Crippen molar-refractivity contribution in [3.05, 3.63) is 0 Å². The maximum atomic E-state index is 3.66. The molecule has 1 unspecified atom stereocenters. The number of rotatable bonds is 4. The average Bonchev–Trinajstić information content (AvgIpc) is 2.79. The predicted octanol–water partition coefficient (Wildman–Crippen LogP) is 3.42. The molecule has 2 aliphatic rings. The summed E-state index contributed by atoms with van der Waals surface area (Å²) in [5.74, 6) is 0. The minimum absolute atomic E-state index is 0.588. The van der Waals surface area contributed by atoms with Crippen molar-refractivity contribution in [3.8, 4) is 0 Å². The van der Waals surface area contributed by atoms with Gasteiger partial charge in [-0.1, -0.05) is 13.8 Å². The van der Waals surface area contributed by atoms with E-state index >= 15 is 0 Å². The fourth-order valence-electron chi connectivity index (χ4n) is 3.66. The quantitative estimate of drug-likeness (QED) is 0.825. The lowest BCUT2D eigenvalue weighted by Crippen LogP contribution is -2.48. The third-order valence-corrected chi connectivity index (χ3v) is 5.03. The van der Waals surface area contributed by atoms with Crippen molar-refractivity contribution in [1.82, 2.24) is 10.2 Å². The lowest BCUT2D eigenvalue weighted by atomic mass is 9.75. The van der Waals surface area contributed by atoms with E-state index in [2.05, 4.69) is 37.9 Å². The third kappa shape index (κ3) is 3.71. The number of nitrogens with one attached hydrogen (secondary N) is 1. The minimum atomic E-state index is 0.588. The van der Waals surface area contributed by atoms with Crippen LogP contribution in [0.1, 0.15) is 66.2 Å². The second-order valence-electron chi connectivity index (χ2n) is 7.48. The molecule has 1 N–H and O–H groups in total. The average molecular weight is 252 g/mol. The highest BCUT2D eigenvalue weighted by Crippen LogP contribution is 2.37. The highest BCUT2D eigenvalue weighted by molar-refractivity contribution is 4.88.